The van der Waals surface area contributed by atoms with E-state index in [4.69, 9.17) is 0 Å². The van der Waals surface area contributed by atoms with Crippen LogP contribution < -0.4 is 5.32 Å². The SMILES string of the molecule is CCNCC1C(C)(C)C12CCc1ccccc1C2. The smallest absolute Gasteiger partial charge is 0.000967 e. The fourth-order valence-electron chi connectivity index (χ4n) is 4.41. The van der Waals surface area contributed by atoms with Gasteiger partial charge < -0.3 is 5.32 Å². The van der Waals surface area contributed by atoms with E-state index in [1.54, 1.807) is 11.1 Å². The van der Waals surface area contributed by atoms with Gasteiger partial charge in [-0.05, 0) is 60.2 Å². The van der Waals surface area contributed by atoms with Crippen molar-refractivity contribution in [1.82, 2.24) is 5.32 Å². The third-order valence-electron chi connectivity index (χ3n) is 5.80. The lowest BCUT2D eigenvalue weighted by atomic mass is 9.77. The molecule has 1 aromatic carbocycles. The molecule has 1 spiro atoms. The van der Waals surface area contributed by atoms with Crippen molar-refractivity contribution in [2.24, 2.45) is 16.7 Å². The molecule has 0 aliphatic heterocycles. The minimum absolute atomic E-state index is 0.517. The second-order valence-electron chi connectivity index (χ2n) is 6.68. The van der Waals surface area contributed by atoms with Gasteiger partial charge in [-0.2, -0.15) is 0 Å². The highest BCUT2D eigenvalue weighted by Gasteiger charge is 2.69. The molecule has 18 heavy (non-hydrogen) atoms. The van der Waals surface area contributed by atoms with Gasteiger partial charge in [-0.15, -0.1) is 0 Å². The summed E-state index contributed by atoms with van der Waals surface area (Å²) >= 11 is 0. The Morgan fingerprint density at radius 1 is 1.22 bits per heavy atom. The van der Waals surface area contributed by atoms with Crippen molar-refractivity contribution in [2.45, 2.75) is 40.0 Å². The number of aryl methyl sites for hydroxylation is 1. The lowest BCUT2D eigenvalue weighted by Gasteiger charge is -2.28. The summed E-state index contributed by atoms with van der Waals surface area (Å²) in [5.74, 6) is 0.860. The minimum atomic E-state index is 0.517. The third-order valence-corrected chi connectivity index (χ3v) is 5.80. The van der Waals surface area contributed by atoms with Crippen molar-refractivity contribution in [3.8, 4) is 0 Å². The van der Waals surface area contributed by atoms with Crippen LogP contribution in [0.15, 0.2) is 24.3 Å². The van der Waals surface area contributed by atoms with E-state index in [-0.39, 0.29) is 0 Å². The largest absolute Gasteiger partial charge is 0.317 e. The molecule has 1 nitrogen and oxygen atoms in total. The first kappa shape index (κ1) is 12.2. The van der Waals surface area contributed by atoms with Crippen molar-refractivity contribution in [3.63, 3.8) is 0 Å². The highest BCUT2D eigenvalue weighted by Crippen LogP contribution is 2.73. The number of fused-ring (bicyclic) bond motifs is 1. The lowest BCUT2D eigenvalue weighted by Crippen LogP contribution is -2.23. The van der Waals surface area contributed by atoms with E-state index in [9.17, 15) is 0 Å². The van der Waals surface area contributed by atoms with Gasteiger partial charge >= 0.3 is 0 Å². The Morgan fingerprint density at radius 3 is 2.67 bits per heavy atom. The highest BCUT2D eigenvalue weighted by molar-refractivity contribution is 5.36. The first-order valence-electron chi connectivity index (χ1n) is 7.39. The van der Waals surface area contributed by atoms with Gasteiger partial charge in [0.1, 0.15) is 0 Å². The summed E-state index contributed by atoms with van der Waals surface area (Å²) in [5.41, 5.74) is 4.29. The number of rotatable bonds is 3. The van der Waals surface area contributed by atoms with Crippen LogP contribution in [0.3, 0.4) is 0 Å². The Labute approximate surface area is 111 Å². The van der Waals surface area contributed by atoms with Gasteiger partial charge in [-0.25, -0.2) is 0 Å². The second kappa shape index (κ2) is 4.09. The number of nitrogens with one attached hydrogen (secondary N) is 1. The number of benzene rings is 1. The van der Waals surface area contributed by atoms with E-state index in [2.05, 4.69) is 50.4 Å². The first-order chi connectivity index (χ1) is 8.62. The molecule has 0 bridgehead atoms. The fraction of sp³-hybridized carbons (Fsp3) is 0.647. The Morgan fingerprint density at radius 2 is 1.94 bits per heavy atom. The van der Waals surface area contributed by atoms with Gasteiger partial charge in [0, 0.05) is 0 Å². The number of hydrogen-bond donors (Lipinski definition) is 1. The standard InChI is InChI=1S/C17H25N/c1-4-18-12-15-16(2,3)17(15)10-9-13-7-5-6-8-14(13)11-17/h5-8,15,18H,4,9-12H2,1-3H3. The van der Waals surface area contributed by atoms with Crippen LogP contribution in [0.4, 0.5) is 0 Å². The molecule has 98 valence electrons. The van der Waals surface area contributed by atoms with E-state index in [0.717, 1.165) is 12.5 Å². The molecule has 0 heterocycles. The van der Waals surface area contributed by atoms with E-state index < -0.39 is 0 Å². The molecular formula is C17H25N. The molecule has 3 rings (SSSR count). The molecule has 1 heteroatoms. The summed E-state index contributed by atoms with van der Waals surface area (Å²) in [6.45, 7) is 9.45. The second-order valence-corrected chi connectivity index (χ2v) is 6.68. The summed E-state index contributed by atoms with van der Waals surface area (Å²) in [4.78, 5) is 0. The van der Waals surface area contributed by atoms with Crippen LogP contribution in [-0.4, -0.2) is 13.1 Å². The topological polar surface area (TPSA) is 12.0 Å². The van der Waals surface area contributed by atoms with Crippen molar-refractivity contribution in [1.29, 1.82) is 0 Å². The summed E-state index contributed by atoms with van der Waals surface area (Å²) in [6, 6.07) is 9.04. The average Bonchev–Trinajstić information content (AvgIpc) is 2.81. The predicted octanol–water partition coefficient (Wildman–Crippen LogP) is 3.43. The van der Waals surface area contributed by atoms with Crippen molar-refractivity contribution >= 4 is 0 Å². The normalized spacial score (nSPS) is 32.3. The molecule has 1 saturated carbocycles. The monoisotopic (exact) mass is 243 g/mol. The maximum absolute atomic E-state index is 3.56. The Balaban J connectivity index is 1.83. The zero-order chi connectivity index (χ0) is 12.8. The van der Waals surface area contributed by atoms with Crippen LogP contribution in [-0.2, 0) is 12.8 Å². The summed E-state index contributed by atoms with van der Waals surface area (Å²) in [7, 11) is 0. The summed E-state index contributed by atoms with van der Waals surface area (Å²) in [6.07, 6.45) is 3.96. The number of hydrogen-bond acceptors (Lipinski definition) is 1. The van der Waals surface area contributed by atoms with E-state index >= 15 is 0 Å². The zero-order valence-corrected chi connectivity index (χ0v) is 11.9. The molecule has 0 saturated heterocycles. The molecule has 2 aliphatic rings. The third kappa shape index (κ3) is 1.56. The van der Waals surface area contributed by atoms with Crippen molar-refractivity contribution in [2.75, 3.05) is 13.1 Å². The average molecular weight is 243 g/mol. The van der Waals surface area contributed by atoms with E-state index in [1.165, 1.54) is 25.8 Å². The van der Waals surface area contributed by atoms with Crippen LogP contribution in [0.1, 0.15) is 38.3 Å². The van der Waals surface area contributed by atoms with E-state index in [1.807, 2.05) is 0 Å². The molecule has 0 aromatic heterocycles. The Kier molecular flexibility index (Phi) is 2.78. The van der Waals surface area contributed by atoms with Gasteiger partial charge in [0.2, 0.25) is 0 Å². The minimum Gasteiger partial charge on any atom is -0.317 e. The first-order valence-corrected chi connectivity index (χ1v) is 7.39. The Hall–Kier alpha value is -0.820. The van der Waals surface area contributed by atoms with Gasteiger partial charge in [0.05, 0.1) is 0 Å². The summed E-state index contributed by atoms with van der Waals surface area (Å²) < 4.78 is 0. The molecule has 0 radical (unpaired) electrons. The van der Waals surface area contributed by atoms with Gasteiger partial charge in [-0.3, -0.25) is 0 Å². The molecular weight excluding hydrogens is 218 g/mol. The zero-order valence-electron chi connectivity index (χ0n) is 11.9. The van der Waals surface area contributed by atoms with Crippen LogP contribution in [0.2, 0.25) is 0 Å². The predicted molar refractivity (Wildman–Crippen MR) is 76.7 cm³/mol. The maximum Gasteiger partial charge on any atom is -0.000967 e. The fourth-order valence-corrected chi connectivity index (χ4v) is 4.41. The van der Waals surface area contributed by atoms with Crippen LogP contribution in [0.5, 0.6) is 0 Å². The highest BCUT2D eigenvalue weighted by atomic mass is 14.9. The van der Waals surface area contributed by atoms with Gasteiger partial charge in [0.15, 0.2) is 0 Å². The van der Waals surface area contributed by atoms with Gasteiger partial charge in [-0.1, -0.05) is 45.0 Å². The van der Waals surface area contributed by atoms with Gasteiger partial charge in [0.25, 0.3) is 0 Å². The lowest BCUT2D eigenvalue weighted by molar-refractivity contribution is 0.331. The van der Waals surface area contributed by atoms with Crippen LogP contribution in [0.25, 0.3) is 0 Å². The molecule has 2 aliphatic carbocycles. The molecule has 1 aromatic rings. The molecule has 1 N–H and O–H groups in total. The van der Waals surface area contributed by atoms with Crippen molar-refractivity contribution in [3.05, 3.63) is 35.4 Å². The molecule has 2 unspecified atom stereocenters. The van der Waals surface area contributed by atoms with Crippen LogP contribution >= 0.6 is 0 Å². The van der Waals surface area contributed by atoms with E-state index in [0.29, 0.717) is 10.8 Å². The van der Waals surface area contributed by atoms with Crippen LogP contribution in [0, 0.1) is 16.7 Å². The molecule has 2 atom stereocenters. The van der Waals surface area contributed by atoms with Crippen molar-refractivity contribution < 1.29 is 0 Å². The summed E-state index contributed by atoms with van der Waals surface area (Å²) in [5, 5.41) is 3.56. The molecule has 1 fully saturated rings. The molecule has 0 amide bonds. The quantitative estimate of drug-likeness (QED) is 0.857. The maximum atomic E-state index is 3.56. The Bertz CT molecular complexity index is 449.